The predicted octanol–water partition coefficient (Wildman–Crippen LogP) is -0.395. The maximum atomic E-state index is 3.34. The minimum atomic E-state index is 1.01. The van der Waals surface area contributed by atoms with Crippen molar-refractivity contribution < 1.29 is 0 Å². The van der Waals surface area contributed by atoms with Gasteiger partial charge in [0.25, 0.3) is 0 Å². The van der Waals surface area contributed by atoms with Crippen LogP contribution < -0.4 is 5.32 Å². The van der Waals surface area contributed by atoms with Gasteiger partial charge in [0.2, 0.25) is 0 Å². The lowest BCUT2D eigenvalue weighted by Crippen LogP contribution is -2.53. The summed E-state index contributed by atoms with van der Waals surface area (Å²) < 4.78 is 0. The van der Waals surface area contributed by atoms with Crippen molar-refractivity contribution in [1.29, 1.82) is 0 Å². The van der Waals surface area contributed by atoms with Crippen molar-refractivity contribution in [1.82, 2.24) is 20.0 Å². The summed E-state index contributed by atoms with van der Waals surface area (Å²) in [5, 5.41) is 3.34. The summed E-state index contributed by atoms with van der Waals surface area (Å²) in [6.07, 6.45) is 0. The van der Waals surface area contributed by atoms with E-state index in [0.29, 0.717) is 0 Å². The van der Waals surface area contributed by atoms with Gasteiger partial charge < -0.3 is 0 Å². The van der Waals surface area contributed by atoms with Crippen LogP contribution in [0.2, 0.25) is 0 Å². The van der Waals surface area contributed by atoms with Crippen LogP contribution >= 0.6 is 0 Å². The van der Waals surface area contributed by atoms with Crippen LogP contribution in [0.25, 0.3) is 0 Å². The van der Waals surface area contributed by atoms with Crippen LogP contribution in [-0.4, -0.2) is 62.0 Å². The van der Waals surface area contributed by atoms with Gasteiger partial charge in [0.15, 0.2) is 0 Å². The van der Waals surface area contributed by atoms with E-state index in [1.165, 1.54) is 0 Å². The molecule has 0 amide bonds. The molecule has 1 heterocycles. The van der Waals surface area contributed by atoms with Gasteiger partial charge in [0, 0.05) is 6.67 Å². The highest BCUT2D eigenvalue weighted by Gasteiger charge is 2.13. The van der Waals surface area contributed by atoms with Crippen LogP contribution in [-0.2, 0) is 0 Å². The second kappa shape index (κ2) is 4.77. The molecule has 0 atom stereocenters. The second-order valence-electron chi connectivity index (χ2n) is 3.55. The van der Waals surface area contributed by atoms with Gasteiger partial charge in [0.05, 0.1) is 20.0 Å². The van der Waals surface area contributed by atoms with Gasteiger partial charge in [-0.15, -0.1) is 0 Å². The average molecular weight is 172 g/mol. The van der Waals surface area contributed by atoms with E-state index < -0.39 is 0 Å². The molecule has 1 N–H and O–H groups in total. The molecule has 1 aliphatic heterocycles. The summed E-state index contributed by atoms with van der Waals surface area (Å²) in [7, 11) is 4.28. The maximum absolute atomic E-state index is 3.34. The largest absolute Gasteiger partial charge is 0.294 e. The van der Waals surface area contributed by atoms with Gasteiger partial charge in [-0.1, -0.05) is 6.92 Å². The Morgan fingerprint density at radius 2 is 2.17 bits per heavy atom. The Bertz CT molecular complexity index is 128. The molecule has 0 saturated carbocycles. The van der Waals surface area contributed by atoms with Crippen molar-refractivity contribution in [3.05, 3.63) is 0 Å². The summed E-state index contributed by atoms with van der Waals surface area (Å²) >= 11 is 0. The van der Waals surface area contributed by atoms with Crippen molar-refractivity contribution in [3.63, 3.8) is 0 Å². The molecule has 0 aromatic rings. The highest BCUT2D eigenvalue weighted by atomic mass is 15.5. The Balaban J connectivity index is 2.22. The molecule has 0 unspecified atom stereocenters. The molecule has 72 valence electrons. The maximum Gasteiger partial charge on any atom is 0.0539 e. The van der Waals surface area contributed by atoms with E-state index in [9.17, 15) is 0 Å². The molecule has 1 saturated heterocycles. The number of nitrogens with zero attached hydrogens (tertiary/aromatic N) is 3. The molecule has 0 bridgehead atoms. The van der Waals surface area contributed by atoms with E-state index in [2.05, 4.69) is 41.0 Å². The number of rotatable bonds is 3. The lowest BCUT2D eigenvalue weighted by molar-refractivity contribution is 0.0453. The van der Waals surface area contributed by atoms with E-state index in [-0.39, 0.29) is 0 Å². The van der Waals surface area contributed by atoms with Gasteiger partial charge in [-0.3, -0.25) is 20.0 Å². The minimum absolute atomic E-state index is 1.01. The number of hydrogen-bond donors (Lipinski definition) is 1. The van der Waals surface area contributed by atoms with Gasteiger partial charge in [-0.25, -0.2) is 0 Å². The Labute approximate surface area is 75.1 Å². The van der Waals surface area contributed by atoms with Crippen molar-refractivity contribution in [3.8, 4) is 0 Å². The van der Waals surface area contributed by atoms with Gasteiger partial charge >= 0.3 is 0 Å². The third-order valence-electron chi connectivity index (χ3n) is 2.14. The third kappa shape index (κ3) is 3.06. The average Bonchev–Trinajstić information content (AvgIpc) is 2.04. The van der Waals surface area contributed by atoms with Crippen LogP contribution in [0, 0.1) is 0 Å². The molecule has 4 heteroatoms. The van der Waals surface area contributed by atoms with Gasteiger partial charge in [-0.05, 0) is 20.6 Å². The summed E-state index contributed by atoms with van der Waals surface area (Å²) in [5.41, 5.74) is 0. The van der Waals surface area contributed by atoms with Crippen LogP contribution in [0.1, 0.15) is 6.92 Å². The predicted molar refractivity (Wildman–Crippen MR) is 50.5 cm³/mol. The normalized spacial score (nSPS) is 22.0. The highest BCUT2D eigenvalue weighted by molar-refractivity contribution is 4.61. The van der Waals surface area contributed by atoms with Crippen molar-refractivity contribution in [2.45, 2.75) is 6.92 Å². The third-order valence-corrected chi connectivity index (χ3v) is 2.14. The summed E-state index contributed by atoms with van der Waals surface area (Å²) in [4.78, 5) is 6.96. The smallest absolute Gasteiger partial charge is 0.0539 e. The molecular weight excluding hydrogens is 152 g/mol. The summed E-state index contributed by atoms with van der Waals surface area (Å²) in [6.45, 7) is 7.42. The lowest BCUT2D eigenvalue weighted by atomic mass is 10.5. The van der Waals surface area contributed by atoms with Crippen LogP contribution in [0.5, 0.6) is 0 Å². The van der Waals surface area contributed by atoms with Crippen LogP contribution in [0.3, 0.4) is 0 Å². The van der Waals surface area contributed by atoms with Crippen molar-refractivity contribution in [2.75, 3.05) is 47.3 Å². The Morgan fingerprint density at radius 3 is 2.75 bits per heavy atom. The van der Waals surface area contributed by atoms with Gasteiger partial charge in [-0.2, -0.15) is 0 Å². The zero-order valence-electron chi connectivity index (χ0n) is 8.38. The molecule has 0 aliphatic carbocycles. The Kier molecular flexibility index (Phi) is 3.94. The van der Waals surface area contributed by atoms with Crippen LogP contribution in [0.4, 0.5) is 0 Å². The molecule has 0 spiro atoms. The Hall–Kier alpha value is -0.160. The number of hydrogen-bond acceptors (Lipinski definition) is 4. The molecule has 0 radical (unpaired) electrons. The molecule has 1 fully saturated rings. The molecule has 0 aromatic carbocycles. The fourth-order valence-corrected chi connectivity index (χ4v) is 1.38. The molecule has 12 heavy (non-hydrogen) atoms. The van der Waals surface area contributed by atoms with E-state index in [0.717, 1.165) is 33.2 Å². The van der Waals surface area contributed by atoms with Gasteiger partial charge in [0.1, 0.15) is 0 Å². The minimum Gasteiger partial charge on any atom is -0.294 e. The van der Waals surface area contributed by atoms with E-state index >= 15 is 0 Å². The monoisotopic (exact) mass is 172 g/mol. The lowest BCUT2D eigenvalue weighted by Gasteiger charge is -2.35. The van der Waals surface area contributed by atoms with E-state index in [4.69, 9.17) is 0 Å². The molecule has 1 aliphatic rings. The van der Waals surface area contributed by atoms with Crippen molar-refractivity contribution in [2.24, 2.45) is 0 Å². The first-order valence-electron chi connectivity index (χ1n) is 4.52. The molecular formula is C8H20N4. The molecule has 0 aromatic heterocycles. The first kappa shape index (κ1) is 9.92. The van der Waals surface area contributed by atoms with Crippen LogP contribution in [0.15, 0.2) is 0 Å². The summed E-state index contributed by atoms with van der Waals surface area (Å²) in [5.74, 6) is 0. The zero-order valence-corrected chi connectivity index (χ0v) is 8.38. The first-order chi connectivity index (χ1) is 5.72. The standard InChI is InChI=1S/C8H20N4/c1-4-10(2)7-12-6-9-5-11(3)8-12/h9H,4-8H2,1-3H3. The quantitative estimate of drug-likeness (QED) is 0.625. The topological polar surface area (TPSA) is 21.8 Å². The molecule has 1 rings (SSSR count). The zero-order chi connectivity index (χ0) is 8.97. The fraction of sp³-hybridized carbons (Fsp3) is 1.00. The second-order valence-corrected chi connectivity index (χ2v) is 3.55. The van der Waals surface area contributed by atoms with E-state index in [1.54, 1.807) is 0 Å². The van der Waals surface area contributed by atoms with E-state index in [1.807, 2.05) is 0 Å². The first-order valence-corrected chi connectivity index (χ1v) is 4.52. The highest BCUT2D eigenvalue weighted by Crippen LogP contribution is 1.96. The SMILES string of the molecule is CCN(C)CN1CNCN(C)C1. The molecule has 4 nitrogen and oxygen atoms in total. The Morgan fingerprint density at radius 1 is 1.42 bits per heavy atom. The summed E-state index contributed by atoms with van der Waals surface area (Å²) in [6, 6.07) is 0. The fourth-order valence-electron chi connectivity index (χ4n) is 1.38. The number of nitrogens with one attached hydrogen (secondary N) is 1. The van der Waals surface area contributed by atoms with Crippen molar-refractivity contribution >= 4 is 0 Å².